The molecule has 2 atom stereocenters. The van der Waals surface area contributed by atoms with Gasteiger partial charge in [-0.15, -0.1) is 0 Å². The van der Waals surface area contributed by atoms with E-state index in [0.717, 1.165) is 13.0 Å². The minimum Gasteiger partial charge on any atom is -0.296 e. The molecule has 1 fully saturated rings. The molecule has 0 bridgehead atoms. The van der Waals surface area contributed by atoms with Crippen molar-refractivity contribution >= 4 is 15.9 Å². The normalized spacial score (nSPS) is 25.4. The van der Waals surface area contributed by atoms with Crippen molar-refractivity contribution < 1.29 is 8.78 Å². The van der Waals surface area contributed by atoms with Crippen molar-refractivity contribution in [2.45, 2.75) is 39.3 Å². The zero-order valence-electron chi connectivity index (χ0n) is 10.7. The Balaban J connectivity index is 2.20. The van der Waals surface area contributed by atoms with Crippen molar-refractivity contribution in [1.29, 1.82) is 0 Å². The van der Waals surface area contributed by atoms with Crippen LogP contribution < -0.4 is 0 Å². The third-order valence-corrected chi connectivity index (χ3v) is 4.36. The van der Waals surface area contributed by atoms with Gasteiger partial charge in [0.1, 0.15) is 11.6 Å². The van der Waals surface area contributed by atoms with Crippen LogP contribution in [0.4, 0.5) is 8.78 Å². The molecule has 0 radical (unpaired) electrons. The van der Waals surface area contributed by atoms with Gasteiger partial charge in [0.2, 0.25) is 0 Å². The molecule has 18 heavy (non-hydrogen) atoms. The summed E-state index contributed by atoms with van der Waals surface area (Å²) in [5, 5.41) is 0. The Morgan fingerprint density at radius 3 is 2.72 bits per heavy atom. The zero-order chi connectivity index (χ0) is 13.3. The summed E-state index contributed by atoms with van der Waals surface area (Å²) in [6.07, 6.45) is 2.29. The number of halogens is 3. The van der Waals surface area contributed by atoms with Crippen LogP contribution in [-0.2, 0) is 6.54 Å². The number of nitrogens with zero attached hydrogens (tertiary/aromatic N) is 1. The molecule has 1 aliphatic rings. The molecule has 0 aliphatic carbocycles. The number of benzene rings is 1. The van der Waals surface area contributed by atoms with Gasteiger partial charge in [-0.2, -0.15) is 0 Å². The summed E-state index contributed by atoms with van der Waals surface area (Å²) in [6.45, 7) is 5.57. The van der Waals surface area contributed by atoms with Crippen molar-refractivity contribution in [3.05, 3.63) is 33.8 Å². The van der Waals surface area contributed by atoms with Crippen LogP contribution in [-0.4, -0.2) is 17.5 Å². The molecule has 1 aliphatic heterocycles. The van der Waals surface area contributed by atoms with Gasteiger partial charge in [-0.1, -0.05) is 6.92 Å². The first-order valence-electron chi connectivity index (χ1n) is 6.35. The summed E-state index contributed by atoms with van der Waals surface area (Å²) in [7, 11) is 0. The smallest absolute Gasteiger partial charge is 0.144 e. The molecule has 0 spiro atoms. The number of likely N-dealkylation sites (tertiary alicyclic amines) is 1. The van der Waals surface area contributed by atoms with Gasteiger partial charge >= 0.3 is 0 Å². The number of rotatable bonds is 2. The minimum atomic E-state index is -0.472. The fourth-order valence-electron chi connectivity index (χ4n) is 2.52. The van der Waals surface area contributed by atoms with E-state index in [0.29, 0.717) is 23.0 Å². The average Bonchev–Trinajstić information content (AvgIpc) is 2.34. The molecule has 0 aromatic heterocycles. The SMILES string of the molecule is CC1CCC(C)N(Cc2c(F)ccc(Br)c2F)C1. The Labute approximate surface area is 115 Å². The summed E-state index contributed by atoms with van der Waals surface area (Å²) in [6, 6.07) is 3.12. The van der Waals surface area contributed by atoms with Crippen LogP contribution in [0.25, 0.3) is 0 Å². The molecule has 100 valence electrons. The molecule has 0 saturated carbocycles. The third kappa shape index (κ3) is 2.91. The maximum absolute atomic E-state index is 13.9. The first-order valence-corrected chi connectivity index (χ1v) is 7.14. The lowest BCUT2D eigenvalue weighted by atomic mass is 9.94. The second-order valence-corrected chi connectivity index (χ2v) is 6.14. The van der Waals surface area contributed by atoms with E-state index in [1.165, 1.54) is 18.6 Å². The highest BCUT2D eigenvalue weighted by molar-refractivity contribution is 9.10. The highest BCUT2D eigenvalue weighted by Crippen LogP contribution is 2.27. The van der Waals surface area contributed by atoms with E-state index in [2.05, 4.69) is 34.7 Å². The molecule has 4 heteroatoms. The van der Waals surface area contributed by atoms with Crippen LogP contribution >= 0.6 is 15.9 Å². The Hall–Kier alpha value is -0.480. The molecule has 1 saturated heterocycles. The van der Waals surface area contributed by atoms with Crippen LogP contribution in [0.2, 0.25) is 0 Å². The van der Waals surface area contributed by atoms with E-state index < -0.39 is 11.6 Å². The van der Waals surface area contributed by atoms with Gasteiger partial charge in [0, 0.05) is 24.7 Å². The molecule has 2 rings (SSSR count). The topological polar surface area (TPSA) is 3.24 Å². The van der Waals surface area contributed by atoms with Crippen molar-refractivity contribution in [3.8, 4) is 0 Å². The van der Waals surface area contributed by atoms with Crippen LogP contribution in [0.3, 0.4) is 0 Å². The Bertz CT molecular complexity index is 436. The van der Waals surface area contributed by atoms with E-state index in [4.69, 9.17) is 0 Å². The lowest BCUT2D eigenvalue weighted by Gasteiger charge is -2.36. The monoisotopic (exact) mass is 317 g/mol. The minimum absolute atomic E-state index is 0.172. The molecule has 1 nitrogen and oxygen atoms in total. The van der Waals surface area contributed by atoms with E-state index in [-0.39, 0.29) is 5.56 Å². The third-order valence-electron chi connectivity index (χ3n) is 3.75. The molecular weight excluding hydrogens is 300 g/mol. The van der Waals surface area contributed by atoms with Gasteiger partial charge in [0.25, 0.3) is 0 Å². The van der Waals surface area contributed by atoms with Gasteiger partial charge in [-0.3, -0.25) is 4.90 Å². The van der Waals surface area contributed by atoms with E-state index in [9.17, 15) is 8.78 Å². The standard InChI is InChI=1S/C14H18BrF2N/c1-9-3-4-10(2)18(7-9)8-11-13(16)6-5-12(15)14(11)17/h5-6,9-10H,3-4,7-8H2,1-2H3. The van der Waals surface area contributed by atoms with Crippen LogP contribution in [0.5, 0.6) is 0 Å². The summed E-state index contributed by atoms with van der Waals surface area (Å²) in [5.41, 5.74) is 0.172. The van der Waals surface area contributed by atoms with Crippen LogP contribution in [0.1, 0.15) is 32.3 Å². The Morgan fingerprint density at radius 2 is 2.00 bits per heavy atom. The molecule has 1 aromatic carbocycles. The largest absolute Gasteiger partial charge is 0.296 e. The van der Waals surface area contributed by atoms with Gasteiger partial charge in [-0.05, 0) is 53.7 Å². The highest BCUT2D eigenvalue weighted by Gasteiger charge is 2.25. The Morgan fingerprint density at radius 1 is 1.28 bits per heavy atom. The molecular formula is C14H18BrF2N. The van der Waals surface area contributed by atoms with Crippen LogP contribution in [0.15, 0.2) is 16.6 Å². The van der Waals surface area contributed by atoms with Crippen molar-refractivity contribution in [3.63, 3.8) is 0 Å². The second-order valence-electron chi connectivity index (χ2n) is 5.28. The first-order chi connectivity index (χ1) is 8.49. The Kier molecular flexibility index (Phi) is 4.38. The maximum Gasteiger partial charge on any atom is 0.144 e. The predicted octanol–water partition coefficient (Wildman–Crippen LogP) is 4.35. The molecule has 0 amide bonds. The molecule has 1 aromatic rings. The lowest BCUT2D eigenvalue weighted by Crippen LogP contribution is -2.40. The van der Waals surface area contributed by atoms with Crippen LogP contribution in [0, 0.1) is 17.6 Å². The molecule has 1 heterocycles. The van der Waals surface area contributed by atoms with Gasteiger partial charge in [-0.25, -0.2) is 8.78 Å². The summed E-state index contributed by atoms with van der Waals surface area (Å²) < 4.78 is 28.0. The van der Waals surface area contributed by atoms with Crippen molar-refractivity contribution in [2.24, 2.45) is 5.92 Å². The number of hydrogen-bond donors (Lipinski definition) is 0. The predicted molar refractivity (Wildman–Crippen MR) is 72.3 cm³/mol. The quantitative estimate of drug-likeness (QED) is 0.733. The van der Waals surface area contributed by atoms with E-state index in [1.807, 2.05) is 0 Å². The summed E-state index contributed by atoms with van der Waals surface area (Å²) in [5.74, 6) is -0.332. The fourth-order valence-corrected chi connectivity index (χ4v) is 2.89. The second kappa shape index (κ2) is 5.66. The summed E-state index contributed by atoms with van der Waals surface area (Å²) in [4.78, 5) is 2.17. The van der Waals surface area contributed by atoms with Gasteiger partial charge in [0.05, 0.1) is 4.47 Å². The number of hydrogen-bond acceptors (Lipinski definition) is 1. The zero-order valence-corrected chi connectivity index (χ0v) is 12.3. The maximum atomic E-state index is 13.9. The lowest BCUT2D eigenvalue weighted by molar-refractivity contribution is 0.114. The van der Waals surface area contributed by atoms with E-state index in [1.54, 1.807) is 0 Å². The molecule has 2 unspecified atom stereocenters. The number of piperidine rings is 1. The van der Waals surface area contributed by atoms with Gasteiger partial charge in [0.15, 0.2) is 0 Å². The van der Waals surface area contributed by atoms with Crippen molar-refractivity contribution in [2.75, 3.05) is 6.54 Å². The summed E-state index contributed by atoms with van der Waals surface area (Å²) >= 11 is 3.11. The van der Waals surface area contributed by atoms with Gasteiger partial charge < -0.3 is 0 Å². The first kappa shape index (κ1) is 13.9. The fraction of sp³-hybridized carbons (Fsp3) is 0.571. The average molecular weight is 318 g/mol. The van der Waals surface area contributed by atoms with Crippen molar-refractivity contribution in [1.82, 2.24) is 4.90 Å². The molecule has 0 N–H and O–H groups in total. The highest BCUT2D eigenvalue weighted by atomic mass is 79.9. The van der Waals surface area contributed by atoms with E-state index >= 15 is 0 Å².